The Bertz CT molecular complexity index is 1880. The number of ether oxygens (including phenoxy) is 1. The lowest BCUT2D eigenvalue weighted by molar-refractivity contribution is -0.138. The third kappa shape index (κ3) is 10.2. The van der Waals surface area contributed by atoms with E-state index in [4.69, 9.17) is 4.74 Å². The van der Waals surface area contributed by atoms with Crippen molar-refractivity contribution in [1.29, 1.82) is 0 Å². The molecule has 282 valence electrons. The first-order valence-corrected chi connectivity index (χ1v) is 17.1. The number of aliphatic hydroxyl groups excluding tert-OH is 1. The standard InChI is InChI=1S/C40H41F6N3O4/c1-25-21-49(26(2)24-50)38(52)33-8-5-9-34(47-36(51)20-28-14-16-31(17-15-28)39(41,42)43)37(33)53-35(25)23-48(3)22-29-12-10-27(11-13-29)18-30-6-4-7-32(19-30)40(44,45)46/h4-17,19,25-26,35,50H,18,20-24H2,1-3H3,(H,47,51)/t25-,26+,35-/m1/s1. The quantitative estimate of drug-likeness (QED) is 0.153. The fourth-order valence-electron chi connectivity index (χ4n) is 6.29. The van der Waals surface area contributed by atoms with Crippen LogP contribution in [0.3, 0.4) is 0 Å². The molecule has 0 aliphatic carbocycles. The normalized spacial score (nSPS) is 17.1. The molecule has 4 aromatic rings. The Hall–Kier alpha value is -4.88. The number of halogens is 6. The molecule has 1 aliphatic rings. The maximum Gasteiger partial charge on any atom is 0.416 e. The van der Waals surface area contributed by atoms with Crippen molar-refractivity contribution < 1.29 is 45.8 Å². The van der Waals surface area contributed by atoms with Gasteiger partial charge in [0, 0.05) is 25.6 Å². The van der Waals surface area contributed by atoms with Crippen LogP contribution in [0.15, 0.2) is 91.0 Å². The Labute approximate surface area is 304 Å². The molecule has 1 heterocycles. The van der Waals surface area contributed by atoms with Gasteiger partial charge < -0.3 is 20.1 Å². The number of hydrogen-bond acceptors (Lipinski definition) is 5. The van der Waals surface area contributed by atoms with Gasteiger partial charge >= 0.3 is 12.4 Å². The fraction of sp³-hybridized carbons (Fsp3) is 0.350. The summed E-state index contributed by atoms with van der Waals surface area (Å²) in [5, 5.41) is 12.8. The van der Waals surface area contributed by atoms with Crippen LogP contribution >= 0.6 is 0 Å². The number of rotatable bonds is 11. The summed E-state index contributed by atoms with van der Waals surface area (Å²) in [6.45, 7) is 4.59. The highest BCUT2D eigenvalue weighted by atomic mass is 19.4. The summed E-state index contributed by atoms with van der Waals surface area (Å²) in [5.41, 5.74) is 1.64. The maximum atomic E-state index is 13.8. The molecule has 2 amide bonds. The highest BCUT2D eigenvalue weighted by molar-refractivity contribution is 6.02. The number of fused-ring (bicyclic) bond motifs is 1. The predicted octanol–water partition coefficient (Wildman–Crippen LogP) is 7.85. The third-order valence-corrected chi connectivity index (χ3v) is 9.24. The van der Waals surface area contributed by atoms with Crippen LogP contribution in [-0.2, 0) is 36.5 Å². The number of amides is 2. The Morgan fingerprint density at radius 3 is 2.15 bits per heavy atom. The number of hydrogen-bond donors (Lipinski definition) is 2. The zero-order valence-corrected chi connectivity index (χ0v) is 29.5. The van der Waals surface area contributed by atoms with Gasteiger partial charge in [0.1, 0.15) is 6.10 Å². The SMILES string of the molecule is C[C@@H]1CN([C@@H](C)CO)C(=O)c2cccc(NC(=O)Cc3ccc(C(F)(F)F)cc3)c2O[C@@H]1CN(C)Cc1ccc(Cc2cccc(C(F)(F)F)c2)cc1. The number of nitrogens with zero attached hydrogens (tertiary/aromatic N) is 2. The fourth-order valence-corrected chi connectivity index (χ4v) is 6.29. The number of para-hydroxylation sites is 1. The van der Waals surface area contributed by atoms with Gasteiger partial charge in [0.05, 0.1) is 41.4 Å². The Morgan fingerprint density at radius 1 is 0.887 bits per heavy atom. The molecule has 0 aromatic heterocycles. The topological polar surface area (TPSA) is 82.1 Å². The van der Waals surface area contributed by atoms with Crippen molar-refractivity contribution in [3.05, 3.63) is 130 Å². The van der Waals surface area contributed by atoms with Crippen LogP contribution in [0, 0.1) is 5.92 Å². The highest BCUT2D eigenvalue weighted by Gasteiger charge is 2.35. The smallest absolute Gasteiger partial charge is 0.416 e. The van der Waals surface area contributed by atoms with Crippen LogP contribution in [0.4, 0.5) is 32.0 Å². The van der Waals surface area contributed by atoms with Gasteiger partial charge in [-0.1, -0.05) is 67.6 Å². The number of carbonyl (C=O) groups excluding carboxylic acids is 2. The van der Waals surface area contributed by atoms with Crippen molar-refractivity contribution in [3.8, 4) is 5.75 Å². The number of nitrogens with one attached hydrogen (secondary N) is 1. The van der Waals surface area contributed by atoms with Crippen molar-refractivity contribution in [2.24, 2.45) is 5.92 Å². The molecule has 0 bridgehead atoms. The first kappa shape index (κ1) is 39.3. The number of aliphatic hydroxyl groups is 1. The number of carbonyl (C=O) groups is 2. The van der Waals surface area contributed by atoms with Gasteiger partial charge in [-0.15, -0.1) is 0 Å². The average molecular weight is 742 g/mol. The van der Waals surface area contributed by atoms with Gasteiger partial charge in [0.15, 0.2) is 5.75 Å². The van der Waals surface area contributed by atoms with Gasteiger partial charge in [-0.2, -0.15) is 26.3 Å². The van der Waals surface area contributed by atoms with Crippen molar-refractivity contribution >= 4 is 17.5 Å². The van der Waals surface area contributed by atoms with Gasteiger partial charge in [0.2, 0.25) is 5.91 Å². The van der Waals surface area contributed by atoms with E-state index in [1.54, 1.807) is 36.1 Å². The first-order chi connectivity index (χ1) is 25.0. The van der Waals surface area contributed by atoms with E-state index in [0.717, 1.165) is 35.4 Å². The molecular formula is C40H41F6N3O4. The summed E-state index contributed by atoms with van der Waals surface area (Å²) < 4.78 is 85.2. The lowest BCUT2D eigenvalue weighted by Crippen LogP contribution is -2.49. The molecule has 0 fully saturated rings. The zero-order valence-electron chi connectivity index (χ0n) is 29.5. The van der Waals surface area contributed by atoms with E-state index in [-0.39, 0.29) is 48.4 Å². The first-order valence-electron chi connectivity index (χ1n) is 17.1. The minimum absolute atomic E-state index is 0.150. The van der Waals surface area contributed by atoms with Crippen molar-refractivity contribution in [1.82, 2.24) is 9.80 Å². The lowest BCUT2D eigenvalue weighted by Gasteiger charge is -2.38. The maximum absolute atomic E-state index is 13.8. The Morgan fingerprint density at radius 2 is 1.51 bits per heavy atom. The summed E-state index contributed by atoms with van der Waals surface area (Å²) in [5.74, 6) is -0.981. The monoisotopic (exact) mass is 741 g/mol. The number of alkyl halides is 6. The molecular weight excluding hydrogens is 700 g/mol. The molecule has 5 rings (SSSR count). The molecule has 13 heteroatoms. The molecule has 7 nitrogen and oxygen atoms in total. The van der Waals surface area contributed by atoms with Crippen molar-refractivity contribution in [2.75, 3.05) is 32.1 Å². The second kappa shape index (κ2) is 16.4. The number of likely N-dealkylation sites (N-methyl/N-ethyl adjacent to an activating group) is 1. The largest absolute Gasteiger partial charge is 0.486 e. The summed E-state index contributed by atoms with van der Waals surface area (Å²) in [6.07, 6.45) is -9.28. The highest BCUT2D eigenvalue weighted by Crippen LogP contribution is 2.36. The summed E-state index contributed by atoms with van der Waals surface area (Å²) in [6, 6.07) is 21.4. The van der Waals surface area contributed by atoms with E-state index in [9.17, 15) is 41.0 Å². The number of benzene rings is 4. The molecule has 0 unspecified atom stereocenters. The molecule has 4 aromatic carbocycles. The van der Waals surface area contributed by atoms with Crippen molar-refractivity contribution in [2.45, 2.75) is 57.7 Å². The lowest BCUT2D eigenvalue weighted by atomic mass is 9.98. The van der Waals surface area contributed by atoms with Gasteiger partial charge in [0.25, 0.3) is 5.91 Å². The average Bonchev–Trinajstić information content (AvgIpc) is 3.10. The van der Waals surface area contributed by atoms with Crippen molar-refractivity contribution in [3.63, 3.8) is 0 Å². The van der Waals surface area contributed by atoms with E-state index < -0.39 is 41.5 Å². The minimum atomic E-state index is -4.50. The summed E-state index contributed by atoms with van der Waals surface area (Å²) >= 11 is 0. The van der Waals surface area contributed by atoms with Gasteiger partial charge in [-0.3, -0.25) is 14.5 Å². The van der Waals surface area contributed by atoms with Crippen LogP contribution in [0.5, 0.6) is 5.75 Å². The van der Waals surface area contributed by atoms with Crippen LogP contribution in [0.1, 0.15) is 57.6 Å². The van der Waals surface area contributed by atoms with Gasteiger partial charge in [-0.05, 0) is 73.0 Å². The summed E-state index contributed by atoms with van der Waals surface area (Å²) in [7, 11) is 1.91. The third-order valence-electron chi connectivity index (χ3n) is 9.24. The minimum Gasteiger partial charge on any atom is -0.486 e. The number of anilines is 1. The second-order valence-corrected chi connectivity index (χ2v) is 13.6. The van der Waals surface area contributed by atoms with Crippen LogP contribution < -0.4 is 10.1 Å². The van der Waals surface area contributed by atoms with E-state index >= 15 is 0 Å². The van der Waals surface area contributed by atoms with E-state index in [1.807, 2.05) is 43.1 Å². The molecule has 1 aliphatic heterocycles. The van der Waals surface area contributed by atoms with E-state index in [2.05, 4.69) is 5.32 Å². The molecule has 3 atom stereocenters. The predicted molar refractivity (Wildman–Crippen MR) is 188 cm³/mol. The van der Waals surface area contributed by atoms with Gasteiger partial charge in [-0.25, -0.2) is 0 Å². The van der Waals surface area contributed by atoms with E-state index in [0.29, 0.717) is 30.6 Å². The molecule has 2 N–H and O–H groups in total. The second-order valence-electron chi connectivity index (χ2n) is 13.6. The molecule has 0 saturated carbocycles. The van der Waals surface area contributed by atoms with Crippen LogP contribution in [0.2, 0.25) is 0 Å². The summed E-state index contributed by atoms with van der Waals surface area (Å²) in [4.78, 5) is 30.6. The molecule has 0 spiro atoms. The Kier molecular flexibility index (Phi) is 12.2. The van der Waals surface area contributed by atoms with Crippen LogP contribution in [0.25, 0.3) is 0 Å². The molecule has 0 saturated heterocycles. The molecule has 0 radical (unpaired) electrons. The zero-order chi connectivity index (χ0) is 38.5. The molecule has 53 heavy (non-hydrogen) atoms. The van der Waals surface area contributed by atoms with E-state index in [1.165, 1.54) is 18.2 Å². The Balaban J connectivity index is 1.32. The van der Waals surface area contributed by atoms with Crippen LogP contribution in [-0.4, -0.2) is 65.6 Å².